The Kier molecular flexibility index (Phi) is 6.21. The number of nitriles is 1. The summed E-state index contributed by atoms with van der Waals surface area (Å²) in [6, 6.07) is 12.0. The highest BCUT2D eigenvalue weighted by Crippen LogP contribution is 2.58. The number of benzene rings is 1. The number of piperidine rings is 1. The number of aromatic amines is 1. The Hall–Kier alpha value is -4.34. The van der Waals surface area contributed by atoms with Gasteiger partial charge in [0.25, 0.3) is 0 Å². The first-order chi connectivity index (χ1) is 19.9. The number of carboxylic acids is 1. The third-order valence-electron chi connectivity index (χ3n) is 8.60. The van der Waals surface area contributed by atoms with E-state index in [9.17, 15) is 14.3 Å². The highest BCUT2D eigenvalue weighted by molar-refractivity contribution is 5.87. The number of rotatable bonds is 9. The van der Waals surface area contributed by atoms with Gasteiger partial charge in [0.1, 0.15) is 18.2 Å². The second-order valence-electron chi connectivity index (χ2n) is 11.1. The minimum atomic E-state index is -1.11. The maximum absolute atomic E-state index is 14.3. The SMILES string of the molecule is N#Cc1ccc(COc2cccc([C@@]34CCN(Cc5nc6[nH]c(C(=O)O)nc6n5C[C@@H]5CCO5)C[C@@H]3C4)n2)c(F)c1. The predicted octanol–water partition coefficient (Wildman–Crippen LogP) is 3.39. The van der Waals surface area contributed by atoms with E-state index in [0.717, 1.165) is 50.5 Å². The maximum Gasteiger partial charge on any atom is 0.372 e. The Bertz CT molecular complexity index is 1690. The lowest BCUT2D eigenvalue weighted by atomic mass is 9.91. The van der Waals surface area contributed by atoms with Crippen LogP contribution in [0.2, 0.25) is 0 Å². The van der Waals surface area contributed by atoms with Crippen LogP contribution in [-0.4, -0.2) is 66.3 Å². The van der Waals surface area contributed by atoms with Crippen LogP contribution in [0.5, 0.6) is 5.88 Å². The first-order valence-electron chi connectivity index (χ1n) is 13.7. The molecular weight excluding hydrogens is 529 g/mol. The highest BCUT2D eigenvalue weighted by atomic mass is 19.1. The normalized spacial score (nSPS) is 23.5. The average Bonchev–Trinajstić information content (AvgIpc) is 3.40. The molecule has 2 aliphatic heterocycles. The Balaban J connectivity index is 1.03. The number of carboxylic acid groups (broad SMARTS) is 1. The summed E-state index contributed by atoms with van der Waals surface area (Å²) in [5.41, 5.74) is 2.69. The smallest absolute Gasteiger partial charge is 0.372 e. The van der Waals surface area contributed by atoms with Crippen LogP contribution in [-0.2, 0) is 29.8 Å². The van der Waals surface area contributed by atoms with E-state index < -0.39 is 11.8 Å². The molecule has 3 aliphatic rings. The number of ether oxygens (including phenoxy) is 2. The van der Waals surface area contributed by atoms with Crippen LogP contribution in [0.4, 0.5) is 4.39 Å². The van der Waals surface area contributed by atoms with Crippen LogP contribution in [0.15, 0.2) is 36.4 Å². The molecule has 2 N–H and O–H groups in total. The summed E-state index contributed by atoms with van der Waals surface area (Å²) < 4.78 is 27.7. The molecule has 41 heavy (non-hydrogen) atoms. The van der Waals surface area contributed by atoms with Crippen LogP contribution < -0.4 is 4.74 Å². The lowest BCUT2D eigenvalue weighted by Crippen LogP contribution is -2.37. The first-order valence-corrected chi connectivity index (χ1v) is 13.7. The number of nitrogens with zero attached hydrogens (tertiary/aromatic N) is 6. The van der Waals surface area contributed by atoms with Gasteiger partial charge in [0, 0.05) is 30.2 Å². The van der Waals surface area contributed by atoms with E-state index in [-0.39, 0.29) is 29.5 Å². The van der Waals surface area contributed by atoms with Crippen molar-refractivity contribution < 1.29 is 23.8 Å². The van der Waals surface area contributed by atoms with Crippen molar-refractivity contribution >= 4 is 17.3 Å². The monoisotopic (exact) mass is 557 g/mol. The number of fused-ring (bicyclic) bond motifs is 2. The van der Waals surface area contributed by atoms with Gasteiger partial charge in [-0.15, -0.1) is 0 Å². The molecule has 0 radical (unpaired) electrons. The topological polar surface area (TPSA) is 142 Å². The highest BCUT2D eigenvalue weighted by Gasteiger charge is 2.58. The van der Waals surface area contributed by atoms with Crippen molar-refractivity contribution in [2.75, 3.05) is 19.7 Å². The fourth-order valence-corrected chi connectivity index (χ4v) is 6.11. The number of likely N-dealkylation sites (tertiary alicyclic amines) is 1. The van der Waals surface area contributed by atoms with E-state index in [1.54, 1.807) is 18.2 Å². The lowest BCUT2D eigenvalue weighted by Gasteiger charge is -2.32. The molecule has 11 nitrogen and oxygen atoms in total. The molecule has 0 unspecified atom stereocenters. The van der Waals surface area contributed by atoms with Crippen molar-refractivity contribution in [3.05, 3.63) is 70.7 Å². The minimum absolute atomic E-state index is 0.00868. The summed E-state index contributed by atoms with van der Waals surface area (Å²) in [6.45, 7) is 3.78. The number of halogens is 1. The number of hydrogen-bond donors (Lipinski definition) is 2. The van der Waals surface area contributed by atoms with Gasteiger partial charge in [0.2, 0.25) is 11.7 Å². The second kappa shape index (κ2) is 9.94. The molecule has 210 valence electrons. The number of aromatic carboxylic acids is 1. The lowest BCUT2D eigenvalue weighted by molar-refractivity contribution is -0.0593. The largest absolute Gasteiger partial charge is 0.475 e. The molecule has 1 aromatic carbocycles. The van der Waals surface area contributed by atoms with Crippen molar-refractivity contribution in [1.82, 2.24) is 29.4 Å². The number of nitrogens with one attached hydrogen (secondary N) is 1. The van der Waals surface area contributed by atoms with Crippen molar-refractivity contribution in [2.24, 2.45) is 5.92 Å². The Labute approximate surface area is 234 Å². The molecule has 4 aromatic rings. The zero-order chi connectivity index (χ0) is 28.1. The summed E-state index contributed by atoms with van der Waals surface area (Å²) in [4.78, 5) is 30.4. The van der Waals surface area contributed by atoms with Crippen molar-refractivity contribution in [3.8, 4) is 11.9 Å². The molecule has 1 saturated carbocycles. The van der Waals surface area contributed by atoms with Crippen LogP contribution in [0.1, 0.15) is 52.5 Å². The number of imidazole rings is 2. The van der Waals surface area contributed by atoms with Gasteiger partial charge in [-0.25, -0.2) is 24.1 Å². The van der Waals surface area contributed by atoms with Gasteiger partial charge >= 0.3 is 5.97 Å². The minimum Gasteiger partial charge on any atom is -0.475 e. The number of pyridine rings is 1. The van der Waals surface area contributed by atoms with E-state index in [4.69, 9.17) is 24.7 Å². The van der Waals surface area contributed by atoms with Crippen molar-refractivity contribution in [2.45, 2.75) is 50.5 Å². The molecule has 0 spiro atoms. The molecule has 2 saturated heterocycles. The van der Waals surface area contributed by atoms with Crippen LogP contribution in [0.3, 0.4) is 0 Å². The Morgan fingerprint density at radius 2 is 2.17 bits per heavy atom. The van der Waals surface area contributed by atoms with E-state index in [1.165, 1.54) is 6.07 Å². The molecular formula is C29H28FN7O4. The van der Waals surface area contributed by atoms with E-state index in [0.29, 0.717) is 41.7 Å². The van der Waals surface area contributed by atoms with Crippen LogP contribution in [0.25, 0.3) is 11.3 Å². The Morgan fingerprint density at radius 1 is 1.29 bits per heavy atom. The quantitative estimate of drug-likeness (QED) is 0.317. The molecule has 3 atom stereocenters. The fraction of sp³-hybridized carbons (Fsp3) is 0.414. The van der Waals surface area contributed by atoms with Gasteiger partial charge in [-0.3, -0.25) is 4.90 Å². The standard InChI is InChI=1S/C29H28FN7O4/c30-21-10-17(12-31)4-5-18(21)16-41-24-3-1-2-22(32-24)29-7-8-36(13-19(29)11-29)15-23-33-25-27(35-26(34-25)28(38)39)37(23)14-20-6-9-40-20/h1-5,10,19-20H,6-9,11,13-16H2,(H,34,35)(H,38,39)/t19-,20-,29+/m0/s1. The van der Waals surface area contributed by atoms with Crippen molar-refractivity contribution in [3.63, 3.8) is 0 Å². The van der Waals surface area contributed by atoms with E-state index in [2.05, 4.69) is 14.9 Å². The zero-order valence-electron chi connectivity index (χ0n) is 22.2. The molecule has 0 amide bonds. The summed E-state index contributed by atoms with van der Waals surface area (Å²) in [5.74, 6) is 0.0694. The molecule has 3 aromatic heterocycles. The van der Waals surface area contributed by atoms with E-state index in [1.807, 2.05) is 22.8 Å². The molecule has 0 bridgehead atoms. The maximum atomic E-state index is 14.3. The predicted molar refractivity (Wildman–Crippen MR) is 143 cm³/mol. The summed E-state index contributed by atoms with van der Waals surface area (Å²) in [6.07, 6.45) is 3.03. The third kappa shape index (κ3) is 4.71. The van der Waals surface area contributed by atoms with Crippen LogP contribution >= 0.6 is 0 Å². The Morgan fingerprint density at radius 3 is 2.90 bits per heavy atom. The van der Waals surface area contributed by atoms with Gasteiger partial charge < -0.3 is 24.1 Å². The summed E-state index contributed by atoms with van der Waals surface area (Å²) >= 11 is 0. The van der Waals surface area contributed by atoms with E-state index >= 15 is 0 Å². The van der Waals surface area contributed by atoms with Crippen molar-refractivity contribution in [1.29, 1.82) is 5.26 Å². The molecule has 5 heterocycles. The van der Waals surface area contributed by atoms with Gasteiger partial charge in [-0.05, 0) is 49.9 Å². The zero-order valence-corrected chi connectivity index (χ0v) is 22.2. The van der Waals surface area contributed by atoms with Gasteiger partial charge in [-0.2, -0.15) is 5.26 Å². The molecule has 3 fully saturated rings. The fourth-order valence-electron chi connectivity index (χ4n) is 6.11. The molecule has 7 rings (SSSR count). The summed E-state index contributed by atoms with van der Waals surface area (Å²) in [5, 5.41) is 18.3. The second-order valence-corrected chi connectivity index (χ2v) is 11.1. The van der Waals surface area contributed by atoms with Gasteiger partial charge in [0.05, 0.1) is 36.5 Å². The van der Waals surface area contributed by atoms with Gasteiger partial charge in [-0.1, -0.05) is 12.1 Å². The van der Waals surface area contributed by atoms with Gasteiger partial charge in [0.15, 0.2) is 11.3 Å². The first kappa shape index (κ1) is 25.6. The number of aromatic nitrogens is 5. The number of hydrogen-bond acceptors (Lipinski definition) is 8. The summed E-state index contributed by atoms with van der Waals surface area (Å²) in [7, 11) is 0. The average molecular weight is 558 g/mol. The van der Waals surface area contributed by atoms with Crippen LogP contribution in [0, 0.1) is 23.1 Å². The molecule has 1 aliphatic carbocycles. The number of carbonyl (C=O) groups is 1. The molecule has 12 heteroatoms. The number of H-pyrrole nitrogens is 1. The third-order valence-corrected chi connectivity index (χ3v) is 8.60.